The number of carbonyl (C=O) groups is 2. The number of hydrogen-bond acceptors (Lipinski definition) is 3. The van der Waals surface area contributed by atoms with E-state index in [1.54, 1.807) is 13.0 Å². The van der Waals surface area contributed by atoms with Crippen LogP contribution in [0.3, 0.4) is 0 Å². The van der Waals surface area contributed by atoms with E-state index in [0.29, 0.717) is 5.57 Å². The number of aliphatic hydroxyl groups excluding tert-OH is 1. The summed E-state index contributed by atoms with van der Waals surface area (Å²) in [5, 5.41) is 17.8. The molecule has 80 valence electrons. The van der Waals surface area contributed by atoms with Crippen molar-refractivity contribution in [2.24, 2.45) is 0 Å². The van der Waals surface area contributed by atoms with Crippen molar-refractivity contribution in [2.45, 2.75) is 39.2 Å². The van der Waals surface area contributed by atoms with Gasteiger partial charge >= 0.3 is 5.97 Å². The van der Waals surface area contributed by atoms with Gasteiger partial charge in [0.1, 0.15) is 6.10 Å². The summed E-state index contributed by atoms with van der Waals surface area (Å²) in [7, 11) is 0. The lowest BCUT2D eigenvalue weighted by molar-refractivity contribution is -0.139. The van der Waals surface area contributed by atoms with E-state index in [1.807, 2.05) is 6.92 Å². The van der Waals surface area contributed by atoms with Crippen LogP contribution in [0.1, 0.15) is 33.1 Å². The number of carboxylic acids is 1. The van der Waals surface area contributed by atoms with Crippen molar-refractivity contribution in [1.29, 1.82) is 0 Å². The molecule has 0 aliphatic rings. The van der Waals surface area contributed by atoms with Gasteiger partial charge in [0.05, 0.1) is 6.42 Å². The molecule has 0 aliphatic heterocycles. The highest BCUT2D eigenvalue weighted by Crippen LogP contribution is 2.07. The Bertz CT molecular complexity index is 243. The van der Waals surface area contributed by atoms with Gasteiger partial charge in [0.2, 0.25) is 0 Å². The van der Waals surface area contributed by atoms with Crippen molar-refractivity contribution in [1.82, 2.24) is 0 Å². The Morgan fingerprint density at radius 2 is 1.93 bits per heavy atom. The van der Waals surface area contributed by atoms with Crippen LogP contribution in [0.4, 0.5) is 0 Å². The molecule has 0 amide bonds. The molecule has 0 rings (SSSR count). The molecule has 1 atom stereocenters. The normalized spacial score (nSPS) is 13.8. The van der Waals surface area contributed by atoms with E-state index in [-0.39, 0.29) is 12.8 Å². The number of rotatable bonds is 6. The average Bonchev–Trinajstić information content (AvgIpc) is 2.13. The number of allylic oxidation sites excluding steroid dienone is 1. The van der Waals surface area contributed by atoms with Gasteiger partial charge in [0.15, 0.2) is 5.78 Å². The lowest BCUT2D eigenvalue weighted by Crippen LogP contribution is -2.22. The van der Waals surface area contributed by atoms with Crippen LogP contribution in [-0.2, 0) is 9.59 Å². The third-order valence-corrected chi connectivity index (χ3v) is 1.85. The van der Waals surface area contributed by atoms with Crippen LogP contribution >= 0.6 is 0 Å². The number of aliphatic carboxylic acids is 1. The topological polar surface area (TPSA) is 74.6 Å². The first kappa shape index (κ1) is 12.8. The largest absolute Gasteiger partial charge is 0.481 e. The summed E-state index contributed by atoms with van der Waals surface area (Å²) in [6.07, 6.45) is 1.01. The van der Waals surface area contributed by atoms with Crippen molar-refractivity contribution >= 4 is 11.8 Å². The van der Waals surface area contributed by atoms with Crippen molar-refractivity contribution in [2.75, 3.05) is 0 Å². The van der Waals surface area contributed by atoms with Crippen LogP contribution in [0.15, 0.2) is 11.6 Å². The van der Waals surface area contributed by atoms with Crippen LogP contribution in [0.25, 0.3) is 0 Å². The maximum Gasteiger partial charge on any atom is 0.303 e. The summed E-state index contributed by atoms with van der Waals surface area (Å²) in [5.41, 5.74) is 0.586. The zero-order valence-corrected chi connectivity index (χ0v) is 8.49. The van der Waals surface area contributed by atoms with E-state index in [1.165, 1.54) is 0 Å². The van der Waals surface area contributed by atoms with Gasteiger partial charge in [-0.25, -0.2) is 0 Å². The molecule has 4 nitrogen and oxygen atoms in total. The molecular weight excluding hydrogens is 184 g/mol. The summed E-state index contributed by atoms with van der Waals surface area (Å²) < 4.78 is 0. The quantitative estimate of drug-likeness (QED) is 0.630. The Labute approximate surface area is 83.2 Å². The van der Waals surface area contributed by atoms with Crippen LogP contribution < -0.4 is 0 Å². The molecule has 2 N–H and O–H groups in total. The van der Waals surface area contributed by atoms with Crippen molar-refractivity contribution in [3.63, 3.8) is 0 Å². The zero-order valence-electron chi connectivity index (χ0n) is 8.49. The summed E-state index contributed by atoms with van der Waals surface area (Å²) in [6, 6.07) is 0. The minimum atomic E-state index is -1.14. The van der Waals surface area contributed by atoms with Crippen molar-refractivity contribution in [3.8, 4) is 0 Å². The Kier molecular flexibility index (Phi) is 5.79. The fourth-order valence-corrected chi connectivity index (χ4v) is 1.05. The number of Topliss-reactive ketones (excluding diaryl/α,β-unsaturated/α-hetero) is 1. The first-order valence-electron chi connectivity index (χ1n) is 4.58. The maximum atomic E-state index is 11.2. The van der Waals surface area contributed by atoms with Gasteiger partial charge in [-0.3, -0.25) is 9.59 Å². The van der Waals surface area contributed by atoms with E-state index in [2.05, 4.69) is 0 Å². The average molecular weight is 200 g/mol. The summed E-state index contributed by atoms with van der Waals surface area (Å²) in [5.74, 6) is -1.46. The fraction of sp³-hybridized carbons (Fsp3) is 0.600. The van der Waals surface area contributed by atoms with Gasteiger partial charge in [-0.05, 0) is 18.9 Å². The van der Waals surface area contributed by atoms with Gasteiger partial charge in [-0.15, -0.1) is 0 Å². The number of ketones is 1. The van der Waals surface area contributed by atoms with Crippen molar-refractivity contribution in [3.05, 3.63) is 11.6 Å². The molecule has 0 unspecified atom stereocenters. The molecule has 0 spiro atoms. The molecule has 14 heavy (non-hydrogen) atoms. The third kappa shape index (κ3) is 4.77. The first-order chi connectivity index (χ1) is 6.49. The summed E-state index contributed by atoms with van der Waals surface area (Å²) in [6.45, 7) is 3.56. The summed E-state index contributed by atoms with van der Waals surface area (Å²) in [4.78, 5) is 21.4. The fourth-order valence-electron chi connectivity index (χ4n) is 1.05. The molecule has 0 fully saturated rings. The highest BCUT2D eigenvalue weighted by atomic mass is 16.4. The Hall–Kier alpha value is -1.16. The second-order valence-corrected chi connectivity index (χ2v) is 3.12. The lowest BCUT2D eigenvalue weighted by Gasteiger charge is -2.08. The molecule has 0 aromatic rings. The minimum absolute atomic E-state index is 0.120. The highest BCUT2D eigenvalue weighted by Gasteiger charge is 2.16. The molecule has 0 aromatic carbocycles. The van der Waals surface area contributed by atoms with E-state index in [0.717, 1.165) is 6.42 Å². The molecule has 0 aliphatic carbocycles. The SMILES string of the molecule is CC/C=C(\C)[C@@H](O)C(=O)CCC(=O)O. The van der Waals surface area contributed by atoms with E-state index < -0.39 is 17.9 Å². The molecule has 4 heteroatoms. The van der Waals surface area contributed by atoms with Crippen LogP contribution in [0.5, 0.6) is 0 Å². The Morgan fingerprint density at radius 3 is 2.36 bits per heavy atom. The standard InChI is InChI=1S/C10H16O4/c1-3-4-7(2)10(14)8(11)5-6-9(12)13/h4,10,14H,3,5-6H2,1-2H3,(H,12,13)/b7-4+/t10-/m1/s1. The van der Waals surface area contributed by atoms with E-state index >= 15 is 0 Å². The number of aliphatic hydroxyl groups is 1. The smallest absolute Gasteiger partial charge is 0.303 e. The number of carboxylic acid groups (broad SMARTS) is 1. The van der Waals surface area contributed by atoms with E-state index in [4.69, 9.17) is 5.11 Å². The molecule has 0 radical (unpaired) electrons. The van der Waals surface area contributed by atoms with Gasteiger partial charge in [-0.1, -0.05) is 13.0 Å². The number of carbonyl (C=O) groups excluding carboxylic acids is 1. The van der Waals surface area contributed by atoms with Gasteiger partial charge in [0.25, 0.3) is 0 Å². The van der Waals surface area contributed by atoms with Gasteiger partial charge in [0, 0.05) is 6.42 Å². The van der Waals surface area contributed by atoms with Gasteiger partial charge < -0.3 is 10.2 Å². The van der Waals surface area contributed by atoms with Crippen LogP contribution in [0.2, 0.25) is 0 Å². The van der Waals surface area contributed by atoms with Crippen LogP contribution in [-0.4, -0.2) is 28.1 Å². The third-order valence-electron chi connectivity index (χ3n) is 1.85. The minimum Gasteiger partial charge on any atom is -0.481 e. The number of hydrogen-bond donors (Lipinski definition) is 2. The molecule has 0 bridgehead atoms. The van der Waals surface area contributed by atoms with E-state index in [9.17, 15) is 14.7 Å². The monoisotopic (exact) mass is 200 g/mol. The molecule has 0 saturated heterocycles. The molecule has 0 saturated carbocycles. The maximum absolute atomic E-state index is 11.2. The Balaban J connectivity index is 4.12. The summed E-state index contributed by atoms with van der Waals surface area (Å²) >= 11 is 0. The molecular formula is C10H16O4. The second kappa shape index (κ2) is 6.32. The first-order valence-corrected chi connectivity index (χ1v) is 4.58. The zero-order chi connectivity index (χ0) is 11.1. The predicted molar refractivity (Wildman–Crippen MR) is 51.9 cm³/mol. The lowest BCUT2D eigenvalue weighted by atomic mass is 10.0. The highest BCUT2D eigenvalue weighted by molar-refractivity contribution is 5.88. The predicted octanol–water partition coefficient (Wildman–Crippen LogP) is 1.14. The van der Waals surface area contributed by atoms with Gasteiger partial charge in [-0.2, -0.15) is 0 Å². The van der Waals surface area contributed by atoms with Crippen molar-refractivity contribution < 1.29 is 19.8 Å². The second-order valence-electron chi connectivity index (χ2n) is 3.12. The molecule has 0 aromatic heterocycles. The Morgan fingerprint density at radius 1 is 1.36 bits per heavy atom. The van der Waals surface area contributed by atoms with Crippen LogP contribution in [0, 0.1) is 0 Å². The molecule has 0 heterocycles.